The normalized spacial score (nSPS) is 9.92. The first kappa shape index (κ1) is 8.64. The Kier molecular flexibility index (Phi) is 2.08. The van der Waals surface area contributed by atoms with Gasteiger partial charge in [-0.15, -0.1) is 0 Å². The lowest BCUT2D eigenvalue weighted by Gasteiger charge is -1.96. The molecule has 12 heavy (non-hydrogen) atoms. The SMILES string of the molecule is COC(=O)c1[nH]c(C)c(C)c1N. The van der Waals surface area contributed by atoms with Gasteiger partial charge in [-0.25, -0.2) is 4.79 Å². The summed E-state index contributed by atoms with van der Waals surface area (Å²) in [6.07, 6.45) is 0. The Hall–Kier alpha value is -1.45. The number of aryl methyl sites for hydroxylation is 1. The van der Waals surface area contributed by atoms with Gasteiger partial charge in [-0.3, -0.25) is 0 Å². The third-order valence-electron chi connectivity index (χ3n) is 1.94. The van der Waals surface area contributed by atoms with Crippen molar-refractivity contribution in [1.29, 1.82) is 0 Å². The molecule has 0 unspecified atom stereocenters. The summed E-state index contributed by atoms with van der Waals surface area (Å²) in [6.45, 7) is 3.71. The van der Waals surface area contributed by atoms with Crippen molar-refractivity contribution < 1.29 is 9.53 Å². The summed E-state index contributed by atoms with van der Waals surface area (Å²) in [5.41, 5.74) is 8.25. The largest absolute Gasteiger partial charge is 0.464 e. The van der Waals surface area contributed by atoms with Crippen LogP contribution in [0.15, 0.2) is 0 Å². The molecule has 1 aromatic heterocycles. The summed E-state index contributed by atoms with van der Waals surface area (Å²) in [5.74, 6) is -0.427. The number of hydrogen-bond donors (Lipinski definition) is 2. The molecule has 0 fully saturated rings. The maximum atomic E-state index is 11.1. The van der Waals surface area contributed by atoms with Gasteiger partial charge >= 0.3 is 5.97 Å². The lowest BCUT2D eigenvalue weighted by Crippen LogP contribution is -2.04. The fourth-order valence-corrected chi connectivity index (χ4v) is 1.00. The van der Waals surface area contributed by atoms with E-state index in [0.717, 1.165) is 11.3 Å². The van der Waals surface area contributed by atoms with E-state index in [9.17, 15) is 4.79 Å². The molecule has 1 aromatic rings. The van der Waals surface area contributed by atoms with Crippen LogP contribution in [-0.4, -0.2) is 18.1 Å². The average Bonchev–Trinajstić information content (AvgIpc) is 2.32. The fraction of sp³-hybridized carbons (Fsp3) is 0.375. The van der Waals surface area contributed by atoms with E-state index in [1.54, 1.807) is 0 Å². The monoisotopic (exact) mass is 168 g/mol. The van der Waals surface area contributed by atoms with Gasteiger partial charge in [-0.05, 0) is 19.4 Å². The molecule has 0 aliphatic rings. The molecule has 66 valence electrons. The van der Waals surface area contributed by atoms with Crippen LogP contribution in [0.1, 0.15) is 21.7 Å². The van der Waals surface area contributed by atoms with Crippen molar-refractivity contribution in [1.82, 2.24) is 4.98 Å². The number of aromatic amines is 1. The number of hydrogen-bond acceptors (Lipinski definition) is 3. The molecule has 0 aromatic carbocycles. The van der Waals surface area contributed by atoms with Crippen molar-refractivity contribution in [3.05, 3.63) is 17.0 Å². The third-order valence-corrected chi connectivity index (χ3v) is 1.94. The summed E-state index contributed by atoms with van der Waals surface area (Å²) in [7, 11) is 1.33. The Labute approximate surface area is 70.7 Å². The average molecular weight is 168 g/mol. The topological polar surface area (TPSA) is 68.1 Å². The zero-order chi connectivity index (χ0) is 9.30. The minimum Gasteiger partial charge on any atom is -0.464 e. The van der Waals surface area contributed by atoms with Crippen molar-refractivity contribution in [2.75, 3.05) is 12.8 Å². The molecular weight excluding hydrogens is 156 g/mol. The molecule has 4 nitrogen and oxygen atoms in total. The van der Waals surface area contributed by atoms with Crippen LogP contribution in [0.3, 0.4) is 0 Å². The zero-order valence-corrected chi connectivity index (χ0v) is 7.39. The van der Waals surface area contributed by atoms with E-state index in [1.807, 2.05) is 13.8 Å². The van der Waals surface area contributed by atoms with Crippen molar-refractivity contribution in [2.24, 2.45) is 0 Å². The summed E-state index contributed by atoms with van der Waals surface area (Å²) in [6, 6.07) is 0. The Bertz CT molecular complexity index is 315. The third kappa shape index (κ3) is 1.15. The molecule has 1 heterocycles. The number of H-pyrrole nitrogens is 1. The van der Waals surface area contributed by atoms with Gasteiger partial charge in [0.05, 0.1) is 12.8 Å². The molecule has 0 amide bonds. The lowest BCUT2D eigenvalue weighted by molar-refractivity contribution is 0.0596. The molecule has 4 heteroatoms. The van der Waals surface area contributed by atoms with E-state index in [0.29, 0.717) is 11.4 Å². The first-order chi connectivity index (χ1) is 5.57. The van der Waals surface area contributed by atoms with Crippen molar-refractivity contribution in [2.45, 2.75) is 13.8 Å². The standard InChI is InChI=1S/C8H12N2O2/c1-4-5(2)10-7(6(4)9)8(11)12-3/h10H,9H2,1-3H3. The Morgan fingerprint density at radius 1 is 1.50 bits per heavy atom. The predicted molar refractivity (Wildman–Crippen MR) is 46.0 cm³/mol. The number of rotatable bonds is 1. The number of aromatic nitrogens is 1. The number of carbonyl (C=O) groups excluding carboxylic acids is 1. The number of nitrogen functional groups attached to an aromatic ring is 1. The number of carbonyl (C=O) groups is 1. The van der Waals surface area contributed by atoms with Crippen molar-refractivity contribution in [3.8, 4) is 0 Å². The number of ether oxygens (including phenoxy) is 1. The van der Waals surface area contributed by atoms with Gasteiger partial charge in [0.2, 0.25) is 0 Å². The molecule has 0 radical (unpaired) electrons. The molecule has 0 aliphatic heterocycles. The number of anilines is 1. The Morgan fingerprint density at radius 3 is 2.42 bits per heavy atom. The molecule has 0 aliphatic carbocycles. The van der Waals surface area contributed by atoms with Gasteiger partial charge in [-0.1, -0.05) is 0 Å². The van der Waals surface area contributed by atoms with E-state index < -0.39 is 5.97 Å². The van der Waals surface area contributed by atoms with Crippen LogP contribution >= 0.6 is 0 Å². The van der Waals surface area contributed by atoms with E-state index in [4.69, 9.17) is 5.73 Å². The van der Waals surface area contributed by atoms with E-state index in [1.165, 1.54) is 7.11 Å². The number of methoxy groups -OCH3 is 1. The molecule has 0 saturated carbocycles. The van der Waals surface area contributed by atoms with Gasteiger partial charge in [-0.2, -0.15) is 0 Å². The van der Waals surface area contributed by atoms with Crippen LogP contribution in [0, 0.1) is 13.8 Å². The smallest absolute Gasteiger partial charge is 0.356 e. The molecule has 3 N–H and O–H groups in total. The molecule has 0 saturated heterocycles. The van der Waals surface area contributed by atoms with Crippen LogP contribution in [0.2, 0.25) is 0 Å². The minimum absolute atomic E-state index is 0.340. The Balaban J connectivity index is 3.17. The molecule has 1 rings (SSSR count). The maximum absolute atomic E-state index is 11.1. The number of esters is 1. The molecule has 0 spiro atoms. The first-order valence-corrected chi connectivity index (χ1v) is 3.61. The Morgan fingerprint density at radius 2 is 2.08 bits per heavy atom. The zero-order valence-electron chi connectivity index (χ0n) is 7.39. The highest BCUT2D eigenvalue weighted by molar-refractivity contribution is 5.94. The van der Waals surface area contributed by atoms with E-state index in [2.05, 4.69) is 9.72 Å². The van der Waals surface area contributed by atoms with Crippen molar-refractivity contribution in [3.63, 3.8) is 0 Å². The van der Waals surface area contributed by atoms with Gasteiger partial charge < -0.3 is 15.5 Å². The van der Waals surface area contributed by atoms with Crippen molar-refractivity contribution >= 4 is 11.7 Å². The summed E-state index contributed by atoms with van der Waals surface area (Å²) in [4.78, 5) is 13.9. The quantitative estimate of drug-likeness (QED) is 0.614. The number of nitrogens with one attached hydrogen (secondary N) is 1. The minimum atomic E-state index is -0.427. The van der Waals surface area contributed by atoms with Gasteiger partial charge in [0.25, 0.3) is 0 Å². The van der Waals surface area contributed by atoms with Crippen LogP contribution in [0.5, 0.6) is 0 Å². The van der Waals surface area contributed by atoms with Gasteiger partial charge in [0, 0.05) is 5.69 Å². The summed E-state index contributed by atoms with van der Waals surface area (Å²) in [5, 5.41) is 0. The molecule has 0 atom stereocenters. The van der Waals surface area contributed by atoms with Crippen LogP contribution in [0.25, 0.3) is 0 Å². The second-order valence-electron chi connectivity index (χ2n) is 2.66. The highest BCUT2D eigenvalue weighted by Gasteiger charge is 2.15. The maximum Gasteiger partial charge on any atom is 0.356 e. The highest BCUT2D eigenvalue weighted by Crippen LogP contribution is 2.20. The van der Waals surface area contributed by atoms with Gasteiger partial charge in [0.15, 0.2) is 0 Å². The van der Waals surface area contributed by atoms with E-state index >= 15 is 0 Å². The van der Waals surface area contributed by atoms with E-state index in [-0.39, 0.29) is 0 Å². The highest BCUT2D eigenvalue weighted by atomic mass is 16.5. The van der Waals surface area contributed by atoms with Crippen LogP contribution in [0.4, 0.5) is 5.69 Å². The second-order valence-corrected chi connectivity index (χ2v) is 2.66. The lowest BCUT2D eigenvalue weighted by atomic mass is 10.2. The second kappa shape index (κ2) is 2.89. The fourth-order valence-electron chi connectivity index (χ4n) is 1.00. The molecular formula is C8H12N2O2. The predicted octanol–water partition coefficient (Wildman–Crippen LogP) is 1.00. The van der Waals surface area contributed by atoms with Crippen LogP contribution < -0.4 is 5.73 Å². The summed E-state index contributed by atoms with van der Waals surface area (Å²) >= 11 is 0. The number of nitrogens with two attached hydrogens (primary N) is 1. The van der Waals surface area contributed by atoms with Gasteiger partial charge in [0.1, 0.15) is 5.69 Å². The van der Waals surface area contributed by atoms with Crippen LogP contribution in [-0.2, 0) is 4.74 Å². The molecule has 0 bridgehead atoms. The first-order valence-electron chi connectivity index (χ1n) is 3.61. The summed E-state index contributed by atoms with van der Waals surface area (Å²) < 4.78 is 4.54.